The number of carbonyl (C=O) groups is 2. The van der Waals surface area contributed by atoms with E-state index >= 15 is 0 Å². The predicted octanol–water partition coefficient (Wildman–Crippen LogP) is 13.4. The summed E-state index contributed by atoms with van der Waals surface area (Å²) in [5.74, 6) is 1.64. The molecule has 0 N–H and O–H groups in total. The summed E-state index contributed by atoms with van der Waals surface area (Å²) in [7, 11) is 1.67. The molecule has 308 valence electrons. The zero-order valence-corrected chi connectivity index (χ0v) is 35.8. The van der Waals surface area contributed by atoms with Crippen LogP contribution < -0.4 is 23.8 Å². The number of benzene rings is 7. The van der Waals surface area contributed by atoms with Gasteiger partial charge in [-0.15, -0.1) is 0 Å². The second-order valence-corrected chi connectivity index (χ2v) is 15.7. The molecule has 7 nitrogen and oxygen atoms in total. The van der Waals surface area contributed by atoms with Crippen molar-refractivity contribution in [2.24, 2.45) is 0 Å². The van der Waals surface area contributed by atoms with E-state index in [4.69, 9.17) is 18.9 Å². The molecule has 7 aromatic rings. The van der Waals surface area contributed by atoms with E-state index in [1.54, 1.807) is 43.5 Å². The minimum Gasteiger partial charge on any atom is -0.497 e. The Balaban J connectivity index is 1.14. The first-order chi connectivity index (χ1) is 29.4. The number of hydrogen-bond acceptors (Lipinski definition) is 7. The van der Waals surface area contributed by atoms with Crippen molar-refractivity contribution >= 4 is 29.2 Å². The van der Waals surface area contributed by atoms with Crippen LogP contribution in [0, 0.1) is 13.8 Å². The van der Waals surface area contributed by atoms with Crippen LogP contribution in [0.5, 0.6) is 23.0 Å². The molecule has 0 aliphatic rings. The van der Waals surface area contributed by atoms with Crippen molar-refractivity contribution in [3.05, 3.63) is 209 Å². The van der Waals surface area contributed by atoms with Crippen molar-refractivity contribution < 1.29 is 28.5 Å². The Kier molecular flexibility index (Phi) is 12.4. The molecule has 0 radical (unpaired) electrons. The van der Waals surface area contributed by atoms with Crippen molar-refractivity contribution in [1.29, 1.82) is 0 Å². The van der Waals surface area contributed by atoms with Gasteiger partial charge in [0.2, 0.25) is 0 Å². The number of anilines is 3. The molecular formula is C54H51NO6. The molecule has 0 bridgehead atoms. The lowest BCUT2D eigenvalue weighted by Gasteiger charge is -2.34. The summed E-state index contributed by atoms with van der Waals surface area (Å²) in [6, 6.07) is 56.6. The smallest absolute Gasteiger partial charge is 0.497 e. The van der Waals surface area contributed by atoms with Gasteiger partial charge in [-0.25, -0.2) is 4.79 Å². The average Bonchev–Trinajstić information content (AvgIpc) is 3.28. The lowest BCUT2D eigenvalue weighted by atomic mass is 9.71. The van der Waals surface area contributed by atoms with Gasteiger partial charge in [0, 0.05) is 34.8 Å². The van der Waals surface area contributed by atoms with Gasteiger partial charge in [0.1, 0.15) is 23.0 Å². The first-order valence-corrected chi connectivity index (χ1v) is 20.5. The minimum atomic E-state index is -0.835. The SMILES string of the molecule is CCC(C)(c1ccc(OC(C)=O)cc1)c1ccc(OC(=O)Oc2ccc(C(C)(c3ccc(OC)cc3)c3cccc(N(c4ccc(C)cc4)c4ccc(C)cc4)c3)cc2)cc1. The van der Waals surface area contributed by atoms with E-state index in [1.165, 1.54) is 18.1 Å². The molecule has 7 heteroatoms. The normalized spacial score (nSPS) is 13.0. The molecule has 0 aromatic heterocycles. The fourth-order valence-electron chi connectivity index (χ4n) is 7.81. The van der Waals surface area contributed by atoms with Crippen LogP contribution in [-0.4, -0.2) is 19.2 Å². The Labute approximate surface area is 359 Å². The molecule has 61 heavy (non-hydrogen) atoms. The highest BCUT2D eigenvalue weighted by Crippen LogP contribution is 2.43. The summed E-state index contributed by atoms with van der Waals surface area (Å²) in [4.78, 5) is 26.8. The summed E-state index contributed by atoms with van der Waals surface area (Å²) >= 11 is 0. The lowest BCUT2D eigenvalue weighted by molar-refractivity contribution is -0.131. The quantitative estimate of drug-likeness (QED) is 0.0497. The maximum Gasteiger partial charge on any atom is 0.519 e. The molecule has 0 saturated heterocycles. The second kappa shape index (κ2) is 18.0. The number of aryl methyl sites for hydroxylation is 2. The van der Waals surface area contributed by atoms with Crippen molar-refractivity contribution in [2.45, 2.75) is 58.8 Å². The molecule has 0 amide bonds. The number of rotatable bonds is 13. The van der Waals surface area contributed by atoms with E-state index in [-0.39, 0.29) is 11.4 Å². The van der Waals surface area contributed by atoms with Crippen molar-refractivity contribution in [2.75, 3.05) is 12.0 Å². The maximum absolute atomic E-state index is 13.1. The highest BCUT2D eigenvalue weighted by atomic mass is 16.7. The standard InChI is InChI=1S/C54H51NO6/c1-8-53(5,40-16-30-49(31-17-40)59-39(4)56)41-18-32-50(33-19-41)60-52(57)61-51-34-22-43(23-35-51)54(6,42-20-28-48(58-7)29-21-42)44-10-9-11-47(36-44)55(45-24-12-37(2)13-25-45)46-26-14-38(3)15-27-46/h9-36H,8H2,1-7H3. The Morgan fingerprint density at radius 1 is 0.492 bits per heavy atom. The van der Waals surface area contributed by atoms with Crippen molar-refractivity contribution in [3.8, 4) is 23.0 Å². The van der Waals surface area contributed by atoms with Crippen molar-refractivity contribution in [3.63, 3.8) is 0 Å². The van der Waals surface area contributed by atoms with Crippen LogP contribution in [0.1, 0.15) is 73.1 Å². The fourth-order valence-corrected chi connectivity index (χ4v) is 7.81. The second-order valence-electron chi connectivity index (χ2n) is 15.7. The number of methoxy groups -OCH3 is 1. The van der Waals surface area contributed by atoms with Gasteiger partial charge in [-0.3, -0.25) is 4.79 Å². The molecule has 0 aliphatic heterocycles. The highest BCUT2D eigenvalue weighted by molar-refractivity contribution is 5.77. The fraction of sp³-hybridized carbons (Fsp3) is 0.185. The molecule has 0 fully saturated rings. The topological polar surface area (TPSA) is 74.3 Å². The van der Waals surface area contributed by atoms with Gasteiger partial charge in [0.25, 0.3) is 0 Å². The Morgan fingerprint density at radius 3 is 1.31 bits per heavy atom. The molecule has 0 saturated carbocycles. The third-order valence-corrected chi connectivity index (χ3v) is 11.7. The van der Waals surface area contributed by atoms with Crippen LogP contribution in [0.4, 0.5) is 21.9 Å². The molecular weight excluding hydrogens is 759 g/mol. The summed E-state index contributed by atoms with van der Waals surface area (Å²) in [5, 5.41) is 0. The van der Waals surface area contributed by atoms with Crippen LogP contribution in [0.3, 0.4) is 0 Å². The number of ether oxygens (including phenoxy) is 4. The van der Waals surface area contributed by atoms with Gasteiger partial charge >= 0.3 is 12.1 Å². The highest BCUT2D eigenvalue weighted by Gasteiger charge is 2.33. The Bertz CT molecular complexity index is 2540. The predicted molar refractivity (Wildman–Crippen MR) is 243 cm³/mol. The number of hydrogen-bond donors (Lipinski definition) is 0. The van der Waals surface area contributed by atoms with Gasteiger partial charge in [0.15, 0.2) is 0 Å². The molecule has 7 aromatic carbocycles. The summed E-state index contributed by atoms with van der Waals surface area (Å²) in [6.45, 7) is 12.1. The molecule has 2 unspecified atom stereocenters. The molecule has 0 heterocycles. The van der Waals surface area contributed by atoms with Gasteiger partial charge in [-0.2, -0.15) is 0 Å². The maximum atomic E-state index is 13.1. The minimum absolute atomic E-state index is 0.321. The van der Waals surface area contributed by atoms with Crippen molar-refractivity contribution in [1.82, 2.24) is 0 Å². The molecule has 2 atom stereocenters. The van der Waals surface area contributed by atoms with E-state index < -0.39 is 11.6 Å². The summed E-state index contributed by atoms with van der Waals surface area (Å²) < 4.78 is 22.1. The van der Waals surface area contributed by atoms with E-state index in [0.29, 0.717) is 17.2 Å². The molecule has 0 spiro atoms. The summed E-state index contributed by atoms with van der Waals surface area (Å²) in [5.41, 5.74) is 9.87. The van der Waals surface area contributed by atoms with Crippen LogP contribution in [-0.2, 0) is 15.6 Å². The molecule has 0 aliphatic carbocycles. The number of carbonyl (C=O) groups excluding carboxylic acids is 2. The van der Waals surface area contributed by atoms with Gasteiger partial charge in [-0.1, -0.05) is 110 Å². The van der Waals surface area contributed by atoms with Crippen LogP contribution in [0.15, 0.2) is 170 Å². The van der Waals surface area contributed by atoms with E-state index in [2.05, 4.69) is 124 Å². The van der Waals surface area contributed by atoms with Gasteiger partial charge in [-0.05, 0) is 140 Å². The largest absolute Gasteiger partial charge is 0.519 e. The Morgan fingerprint density at radius 2 is 0.902 bits per heavy atom. The van der Waals surface area contributed by atoms with Gasteiger partial charge in [0.05, 0.1) is 7.11 Å². The summed E-state index contributed by atoms with van der Waals surface area (Å²) in [6.07, 6.45) is -0.0156. The third kappa shape index (κ3) is 9.22. The zero-order valence-electron chi connectivity index (χ0n) is 35.8. The zero-order chi connectivity index (χ0) is 43.1. The van der Waals surface area contributed by atoms with Crippen LogP contribution in [0.25, 0.3) is 0 Å². The van der Waals surface area contributed by atoms with E-state index in [9.17, 15) is 9.59 Å². The Hall–Kier alpha value is -7.12. The van der Waals surface area contributed by atoms with E-state index in [0.717, 1.165) is 57.0 Å². The van der Waals surface area contributed by atoms with Crippen LogP contribution >= 0.6 is 0 Å². The lowest BCUT2D eigenvalue weighted by Crippen LogP contribution is -2.26. The number of nitrogens with zero attached hydrogens (tertiary/aromatic N) is 1. The first kappa shape index (κ1) is 42.0. The van der Waals surface area contributed by atoms with Gasteiger partial charge < -0.3 is 23.8 Å². The first-order valence-electron chi connectivity index (χ1n) is 20.5. The monoisotopic (exact) mass is 809 g/mol. The van der Waals surface area contributed by atoms with Crippen LogP contribution in [0.2, 0.25) is 0 Å². The van der Waals surface area contributed by atoms with E-state index in [1.807, 2.05) is 48.5 Å². The number of esters is 1. The molecule has 7 rings (SSSR count). The average molecular weight is 810 g/mol. The third-order valence-electron chi connectivity index (χ3n) is 11.7.